The smallest absolute Gasteiger partial charge is 0.309 e. The van der Waals surface area contributed by atoms with Gasteiger partial charge in [-0.15, -0.1) is 0 Å². The summed E-state index contributed by atoms with van der Waals surface area (Å²) in [7, 11) is -3.84. The molecule has 10 heteroatoms. The lowest BCUT2D eigenvalue weighted by atomic mass is 10.1. The number of sulfonamides is 1. The number of nitrogens with zero attached hydrogens (tertiary/aromatic N) is 1. The minimum absolute atomic E-state index is 0.126. The van der Waals surface area contributed by atoms with Crippen LogP contribution in [0.5, 0.6) is 0 Å². The maximum atomic E-state index is 13.3. The number of hydrogen-bond donors (Lipinski definition) is 3. The molecule has 4 rings (SSSR count). The Morgan fingerprint density at radius 1 is 1.11 bits per heavy atom. The van der Waals surface area contributed by atoms with E-state index in [4.69, 9.17) is 4.74 Å². The van der Waals surface area contributed by atoms with E-state index in [-0.39, 0.29) is 18.0 Å². The molecule has 1 unspecified atom stereocenters. The van der Waals surface area contributed by atoms with Crippen molar-refractivity contribution in [2.45, 2.75) is 37.8 Å². The molecular formula is C25H30N4O5S. The van der Waals surface area contributed by atoms with Crippen LogP contribution in [0.25, 0.3) is 10.9 Å². The Balaban J connectivity index is 1.33. The molecule has 1 fully saturated rings. The topological polar surface area (TPSA) is 121 Å². The third-order valence-corrected chi connectivity index (χ3v) is 8.11. The molecular weight excluding hydrogens is 468 g/mol. The summed E-state index contributed by atoms with van der Waals surface area (Å²) >= 11 is 0. The van der Waals surface area contributed by atoms with Gasteiger partial charge in [-0.3, -0.25) is 9.59 Å². The maximum absolute atomic E-state index is 13.3. The molecule has 1 aromatic heterocycles. The van der Waals surface area contributed by atoms with Gasteiger partial charge in [-0.2, -0.15) is 4.31 Å². The van der Waals surface area contributed by atoms with Crippen LogP contribution < -0.4 is 10.6 Å². The highest BCUT2D eigenvalue weighted by Gasteiger charge is 2.35. The Hall–Kier alpha value is -3.21. The summed E-state index contributed by atoms with van der Waals surface area (Å²) in [5.74, 6) is -1.60. The quantitative estimate of drug-likeness (QED) is 0.431. The van der Waals surface area contributed by atoms with Gasteiger partial charge in [-0.1, -0.05) is 30.3 Å². The number of rotatable bonds is 7. The number of aromatic nitrogens is 1. The molecule has 2 amide bonds. The summed E-state index contributed by atoms with van der Waals surface area (Å²) < 4.78 is 33.6. The minimum atomic E-state index is -3.84. The fourth-order valence-electron chi connectivity index (χ4n) is 4.20. The van der Waals surface area contributed by atoms with Crippen molar-refractivity contribution in [3.05, 3.63) is 65.4 Å². The van der Waals surface area contributed by atoms with Crippen LogP contribution in [0.3, 0.4) is 0 Å². The summed E-state index contributed by atoms with van der Waals surface area (Å²) in [5.41, 5.74) is 3.53. The van der Waals surface area contributed by atoms with Gasteiger partial charge in [0, 0.05) is 30.2 Å². The Morgan fingerprint density at radius 2 is 1.89 bits per heavy atom. The molecule has 186 valence electrons. The van der Waals surface area contributed by atoms with E-state index in [9.17, 15) is 18.0 Å². The monoisotopic (exact) mass is 498 g/mol. The first-order valence-corrected chi connectivity index (χ1v) is 13.0. The molecule has 0 radical (unpaired) electrons. The normalized spacial score (nSPS) is 16.8. The summed E-state index contributed by atoms with van der Waals surface area (Å²) in [6.45, 7) is 4.39. The molecule has 0 spiro atoms. The molecule has 1 aliphatic heterocycles. The van der Waals surface area contributed by atoms with Crippen molar-refractivity contribution in [1.29, 1.82) is 0 Å². The first kappa shape index (κ1) is 24.9. The van der Waals surface area contributed by atoms with Gasteiger partial charge in [0.15, 0.2) is 0 Å². The van der Waals surface area contributed by atoms with Crippen LogP contribution in [0.15, 0.2) is 53.6 Å². The number of para-hydroxylation sites is 1. The number of carbonyl (C=O) groups excluding carboxylic acids is 2. The number of hydrogen-bond acceptors (Lipinski definition) is 5. The van der Waals surface area contributed by atoms with Crippen molar-refractivity contribution in [1.82, 2.24) is 19.9 Å². The van der Waals surface area contributed by atoms with Crippen LogP contribution in [0, 0.1) is 13.8 Å². The highest BCUT2D eigenvalue weighted by Crippen LogP contribution is 2.25. The molecule has 1 saturated heterocycles. The lowest BCUT2D eigenvalue weighted by Gasteiger charge is -2.35. The van der Waals surface area contributed by atoms with E-state index >= 15 is 0 Å². The van der Waals surface area contributed by atoms with Crippen LogP contribution in [0.2, 0.25) is 0 Å². The van der Waals surface area contributed by atoms with E-state index in [1.807, 2.05) is 43.5 Å². The van der Waals surface area contributed by atoms with Gasteiger partial charge in [0.05, 0.1) is 18.0 Å². The number of H-pyrrole nitrogens is 1. The first-order chi connectivity index (χ1) is 16.8. The molecule has 3 N–H and O–H groups in total. The predicted molar refractivity (Wildman–Crippen MR) is 132 cm³/mol. The average Bonchev–Trinajstić information content (AvgIpc) is 3.27. The van der Waals surface area contributed by atoms with Crippen molar-refractivity contribution in [2.24, 2.45) is 0 Å². The Kier molecular flexibility index (Phi) is 7.54. The van der Waals surface area contributed by atoms with Crippen LogP contribution in [-0.2, 0) is 30.8 Å². The highest BCUT2D eigenvalue weighted by molar-refractivity contribution is 7.89. The first-order valence-electron chi connectivity index (χ1n) is 11.6. The molecule has 0 aliphatic carbocycles. The number of carbonyl (C=O) groups is 2. The third-order valence-electron chi connectivity index (χ3n) is 6.08. The summed E-state index contributed by atoms with van der Waals surface area (Å²) in [6.07, 6.45) is 2.11. The van der Waals surface area contributed by atoms with E-state index < -0.39 is 28.1 Å². The molecule has 2 heterocycles. The number of nitrogens with one attached hydrogen (secondary N) is 3. The largest absolute Gasteiger partial charge is 0.361 e. The van der Waals surface area contributed by atoms with Crippen LogP contribution in [-0.4, -0.2) is 62.0 Å². The van der Waals surface area contributed by atoms with Gasteiger partial charge in [-0.25, -0.2) is 8.42 Å². The molecule has 1 aliphatic rings. The Bertz CT molecular complexity index is 1330. The molecule has 3 aromatic rings. The third kappa shape index (κ3) is 5.55. The van der Waals surface area contributed by atoms with Crippen molar-refractivity contribution >= 4 is 32.7 Å². The van der Waals surface area contributed by atoms with E-state index in [0.29, 0.717) is 31.6 Å². The number of benzene rings is 2. The summed E-state index contributed by atoms with van der Waals surface area (Å²) in [5, 5.41) is 6.21. The molecule has 9 nitrogen and oxygen atoms in total. The van der Waals surface area contributed by atoms with Crippen LogP contribution >= 0.6 is 0 Å². The number of amides is 2. The molecule has 0 bridgehead atoms. The van der Waals surface area contributed by atoms with Gasteiger partial charge >= 0.3 is 11.8 Å². The second-order valence-corrected chi connectivity index (χ2v) is 10.5. The Labute approximate surface area is 204 Å². The second kappa shape index (κ2) is 10.6. The zero-order chi connectivity index (χ0) is 25.0. The van der Waals surface area contributed by atoms with E-state index in [2.05, 4.69) is 15.6 Å². The minimum Gasteiger partial charge on any atom is -0.361 e. The number of fused-ring (bicyclic) bond motifs is 1. The van der Waals surface area contributed by atoms with Crippen molar-refractivity contribution in [3.8, 4) is 0 Å². The number of ether oxygens (including phenoxy) is 1. The van der Waals surface area contributed by atoms with Gasteiger partial charge in [0.1, 0.15) is 6.23 Å². The SMILES string of the molecule is Cc1ccc(C)c(S(=O)(=O)N2CCCOC2CNC(=O)C(=O)NCCc2c[nH]c3ccccc23)c1. The number of aromatic amines is 1. The number of aryl methyl sites for hydroxylation is 2. The van der Waals surface area contributed by atoms with E-state index in [0.717, 1.165) is 22.0 Å². The average molecular weight is 499 g/mol. The Morgan fingerprint density at radius 3 is 2.71 bits per heavy atom. The van der Waals surface area contributed by atoms with Crippen LogP contribution in [0.4, 0.5) is 0 Å². The molecule has 2 aromatic carbocycles. The van der Waals surface area contributed by atoms with Gasteiger partial charge in [-0.05, 0) is 55.5 Å². The summed E-state index contributed by atoms with van der Waals surface area (Å²) in [6, 6.07) is 13.1. The van der Waals surface area contributed by atoms with Crippen molar-refractivity contribution < 1.29 is 22.7 Å². The zero-order valence-electron chi connectivity index (χ0n) is 19.8. The standard InChI is InChI=1S/C25H30N4O5S/c1-17-8-9-18(2)22(14-17)35(32,33)29-12-5-13-34-23(29)16-28-25(31)24(30)26-11-10-19-15-27-21-7-4-3-6-20(19)21/h3-4,6-9,14-15,23,27H,5,10-13,16H2,1-2H3,(H,26,30)(H,28,31). The van der Waals surface area contributed by atoms with Gasteiger partial charge in [0.25, 0.3) is 0 Å². The van der Waals surface area contributed by atoms with Gasteiger partial charge < -0.3 is 20.4 Å². The molecule has 35 heavy (non-hydrogen) atoms. The highest BCUT2D eigenvalue weighted by atomic mass is 32.2. The lowest BCUT2D eigenvalue weighted by molar-refractivity contribution is -0.140. The second-order valence-electron chi connectivity index (χ2n) is 8.64. The zero-order valence-corrected chi connectivity index (χ0v) is 20.7. The van der Waals surface area contributed by atoms with Crippen molar-refractivity contribution in [3.63, 3.8) is 0 Å². The molecule has 0 saturated carbocycles. The fraction of sp³-hybridized carbons (Fsp3) is 0.360. The molecule has 1 atom stereocenters. The van der Waals surface area contributed by atoms with Crippen LogP contribution in [0.1, 0.15) is 23.1 Å². The maximum Gasteiger partial charge on any atom is 0.309 e. The fourth-order valence-corrected chi connectivity index (χ4v) is 6.08. The summed E-state index contributed by atoms with van der Waals surface area (Å²) in [4.78, 5) is 28.0. The van der Waals surface area contributed by atoms with E-state index in [1.54, 1.807) is 19.1 Å². The van der Waals surface area contributed by atoms with Gasteiger partial charge in [0.2, 0.25) is 10.0 Å². The predicted octanol–water partition coefficient (Wildman–Crippen LogP) is 2.00. The van der Waals surface area contributed by atoms with Crippen molar-refractivity contribution in [2.75, 3.05) is 26.2 Å². The lowest BCUT2D eigenvalue weighted by Crippen LogP contribution is -2.53. The van der Waals surface area contributed by atoms with E-state index in [1.165, 1.54) is 4.31 Å².